The third kappa shape index (κ3) is 1.42. The second kappa shape index (κ2) is 3.38. The van der Waals surface area contributed by atoms with Crippen molar-refractivity contribution in [2.24, 2.45) is 0 Å². The summed E-state index contributed by atoms with van der Waals surface area (Å²) >= 11 is 0. The van der Waals surface area contributed by atoms with Crippen LogP contribution < -0.4 is 4.73 Å². The van der Waals surface area contributed by atoms with Gasteiger partial charge in [0.2, 0.25) is 0 Å². The lowest BCUT2D eigenvalue weighted by Crippen LogP contribution is -2.32. The maximum Gasteiger partial charge on any atom is 0.499 e. The quantitative estimate of drug-likeness (QED) is 0.496. The molecule has 72 valence electrons. The predicted molar refractivity (Wildman–Crippen MR) is 48.9 cm³/mol. The smallest absolute Gasteiger partial charge is 0.499 e. The fraction of sp³-hybridized carbons (Fsp3) is 0.500. The SMILES string of the molecule is Cc1c2c(nc(O)[n+]1[O-])CCC2.Cl. The van der Waals surface area contributed by atoms with Crippen molar-refractivity contribution in [1.29, 1.82) is 0 Å². The van der Waals surface area contributed by atoms with Crippen LogP contribution in [-0.2, 0) is 12.8 Å². The number of aromatic hydroxyl groups is 1. The van der Waals surface area contributed by atoms with Crippen molar-refractivity contribution in [2.45, 2.75) is 26.2 Å². The summed E-state index contributed by atoms with van der Waals surface area (Å²) in [6.45, 7) is 1.72. The molecule has 4 nitrogen and oxygen atoms in total. The van der Waals surface area contributed by atoms with Crippen LogP contribution >= 0.6 is 12.4 Å². The summed E-state index contributed by atoms with van der Waals surface area (Å²) in [7, 11) is 0. The van der Waals surface area contributed by atoms with E-state index in [1.54, 1.807) is 6.92 Å². The molecule has 0 saturated carbocycles. The summed E-state index contributed by atoms with van der Waals surface area (Å²) in [6.07, 6.45) is 2.83. The first-order valence-corrected chi connectivity index (χ1v) is 4.01. The molecule has 0 fully saturated rings. The molecule has 1 aliphatic carbocycles. The minimum Gasteiger partial charge on any atom is -0.708 e. The Morgan fingerprint density at radius 3 is 2.85 bits per heavy atom. The molecule has 1 N–H and O–H groups in total. The highest BCUT2D eigenvalue weighted by Gasteiger charge is 2.24. The average molecular weight is 203 g/mol. The van der Waals surface area contributed by atoms with E-state index >= 15 is 0 Å². The molecule has 1 heterocycles. The van der Waals surface area contributed by atoms with Gasteiger partial charge >= 0.3 is 6.01 Å². The molecule has 0 saturated heterocycles. The molecule has 13 heavy (non-hydrogen) atoms. The molecule has 2 rings (SSSR count). The van der Waals surface area contributed by atoms with Crippen LogP contribution in [0.1, 0.15) is 23.4 Å². The van der Waals surface area contributed by atoms with Crippen LogP contribution in [0.2, 0.25) is 0 Å². The van der Waals surface area contributed by atoms with Gasteiger partial charge in [-0.1, -0.05) is 0 Å². The van der Waals surface area contributed by atoms with Gasteiger partial charge in [-0.15, -0.1) is 12.4 Å². The van der Waals surface area contributed by atoms with Gasteiger partial charge in [-0.05, 0) is 24.7 Å². The van der Waals surface area contributed by atoms with E-state index in [9.17, 15) is 5.21 Å². The molecule has 0 radical (unpaired) electrons. The summed E-state index contributed by atoms with van der Waals surface area (Å²) in [6, 6.07) is -0.423. The Kier molecular flexibility index (Phi) is 2.61. The molecule has 0 atom stereocenters. The zero-order valence-electron chi connectivity index (χ0n) is 7.28. The minimum atomic E-state index is -0.423. The number of rotatable bonds is 0. The largest absolute Gasteiger partial charge is 0.708 e. The van der Waals surface area contributed by atoms with E-state index in [2.05, 4.69) is 4.98 Å². The standard InChI is InChI=1S/C8H10N2O2.ClH/c1-5-6-3-2-4-7(6)9-8(11)10(5)12;/h2-4H2,1H3,(H,9,11);1H. The van der Waals surface area contributed by atoms with Gasteiger partial charge in [0.25, 0.3) is 0 Å². The van der Waals surface area contributed by atoms with E-state index < -0.39 is 6.01 Å². The van der Waals surface area contributed by atoms with E-state index in [0.29, 0.717) is 10.4 Å². The van der Waals surface area contributed by atoms with Crippen LogP contribution in [0.25, 0.3) is 0 Å². The minimum absolute atomic E-state index is 0. The number of nitrogens with zero attached hydrogens (tertiary/aromatic N) is 2. The van der Waals surface area contributed by atoms with Crippen LogP contribution in [0.4, 0.5) is 0 Å². The Hall–Kier alpha value is -1.03. The first kappa shape index (κ1) is 10.1. The van der Waals surface area contributed by atoms with Crippen molar-refractivity contribution in [2.75, 3.05) is 0 Å². The summed E-state index contributed by atoms with van der Waals surface area (Å²) in [5, 5.41) is 20.2. The van der Waals surface area contributed by atoms with E-state index in [4.69, 9.17) is 5.11 Å². The number of fused-ring (bicyclic) bond motifs is 1. The van der Waals surface area contributed by atoms with E-state index in [1.165, 1.54) is 0 Å². The molecule has 0 unspecified atom stereocenters. The molecular weight excluding hydrogens is 192 g/mol. The van der Waals surface area contributed by atoms with Gasteiger partial charge in [0.05, 0.1) is 0 Å². The number of aromatic nitrogens is 2. The lowest BCUT2D eigenvalue weighted by atomic mass is 10.2. The second-order valence-electron chi connectivity index (χ2n) is 3.07. The highest BCUT2D eigenvalue weighted by molar-refractivity contribution is 5.85. The number of aryl methyl sites for hydroxylation is 1. The third-order valence-electron chi connectivity index (χ3n) is 2.35. The zero-order valence-corrected chi connectivity index (χ0v) is 8.10. The van der Waals surface area contributed by atoms with Crippen molar-refractivity contribution in [3.8, 4) is 6.01 Å². The highest BCUT2D eigenvalue weighted by atomic mass is 35.5. The predicted octanol–water partition coefficient (Wildman–Crippen LogP) is 0.640. The molecule has 1 aromatic heterocycles. The molecule has 5 heteroatoms. The van der Waals surface area contributed by atoms with Crippen molar-refractivity contribution in [3.63, 3.8) is 0 Å². The highest BCUT2D eigenvalue weighted by Crippen LogP contribution is 2.22. The van der Waals surface area contributed by atoms with Gasteiger partial charge in [-0.25, -0.2) is 0 Å². The normalized spacial score (nSPS) is 13.6. The lowest BCUT2D eigenvalue weighted by molar-refractivity contribution is -0.624. The van der Waals surface area contributed by atoms with Gasteiger partial charge < -0.3 is 10.3 Å². The summed E-state index contributed by atoms with van der Waals surface area (Å²) in [4.78, 5) is 3.82. The van der Waals surface area contributed by atoms with Gasteiger partial charge in [-0.2, -0.15) is 4.73 Å². The van der Waals surface area contributed by atoms with Gasteiger partial charge in [0.15, 0.2) is 5.69 Å². The molecule has 0 amide bonds. The zero-order chi connectivity index (χ0) is 8.72. The molecule has 0 aromatic carbocycles. The number of halogens is 1. The Morgan fingerprint density at radius 2 is 2.15 bits per heavy atom. The van der Waals surface area contributed by atoms with Crippen molar-refractivity contribution >= 4 is 12.4 Å². The molecule has 0 aliphatic heterocycles. The third-order valence-corrected chi connectivity index (χ3v) is 2.35. The van der Waals surface area contributed by atoms with Crippen LogP contribution in [0.5, 0.6) is 6.01 Å². The Labute approximate surface area is 82.2 Å². The van der Waals surface area contributed by atoms with Crippen LogP contribution in [0.15, 0.2) is 0 Å². The van der Waals surface area contributed by atoms with Crippen LogP contribution in [0.3, 0.4) is 0 Å². The maximum atomic E-state index is 11.1. The summed E-state index contributed by atoms with van der Waals surface area (Å²) in [5.74, 6) is 0. The maximum absolute atomic E-state index is 11.1. The fourth-order valence-electron chi connectivity index (χ4n) is 1.68. The molecule has 1 aromatic rings. The number of hydrogen-bond donors (Lipinski definition) is 1. The van der Waals surface area contributed by atoms with E-state index in [0.717, 1.165) is 30.5 Å². The van der Waals surface area contributed by atoms with Gasteiger partial charge in [0, 0.05) is 12.0 Å². The average Bonchev–Trinajstić information content (AvgIpc) is 2.48. The monoisotopic (exact) mass is 202 g/mol. The first-order chi connectivity index (χ1) is 5.70. The second-order valence-corrected chi connectivity index (χ2v) is 3.07. The topological polar surface area (TPSA) is 60.1 Å². The first-order valence-electron chi connectivity index (χ1n) is 4.01. The van der Waals surface area contributed by atoms with Gasteiger partial charge in [0.1, 0.15) is 5.69 Å². The Balaban J connectivity index is 0.000000845. The Morgan fingerprint density at radius 1 is 1.46 bits per heavy atom. The molecule has 0 bridgehead atoms. The number of hydrogen-bond acceptors (Lipinski definition) is 3. The van der Waals surface area contributed by atoms with Crippen LogP contribution in [-0.4, -0.2) is 10.1 Å². The fourth-order valence-corrected chi connectivity index (χ4v) is 1.68. The Bertz CT molecular complexity index is 341. The molecular formula is C8H11ClN2O2. The summed E-state index contributed by atoms with van der Waals surface area (Å²) < 4.78 is 0.490. The van der Waals surface area contributed by atoms with Crippen LogP contribution in [0, 0.1) is 12.1 Å². The van der Waals surface area contributed by atoms with Crippen molar-refractivity contribution in [3.05, 3.63) is 22.2 Å². The van der Waals surface area contributed by atoms with E-state index in [-0.39, 0.29) is 12.4 Å². The van der Waals surface area contributed by atoms with Gasteiger partial charge in [-0.3, -0.25) is 0 Å². The lowest BCUT2D eigenvalue weighted by Gasteiger charge is -2.07. The van der Waals surface area contributed by atoms with Crippen molar-refractivity contribution < 1.29 is 9.84 Å². The van der Waals surface area contributed by atoms with Crippen molar-refractivity contribution in [1.82, 2.24) is 4.98 Å². The molecule has 0 spiro atoms. The molecule has 1 aliphatic rings. The van der Waals surface area contributed by atoms with E-state index in [1.807, 2.05) is 0 Å². The summed E-state index contributed by atoms with van der Waals surface area (Å²) in [5.41, 5.74) is 2.50.